The minimum absolute atomic E-state index is 0.0413. The van der Waals surface area contributed by atoms with Crippen LogP contribution in [0.25, 0.3) is 0 Å². The number of nitro groups is 1. The molecule has 2 aromatic rings. The van der Waals surface area contributed by atoms with E-state index in [1.165, 1.54) is 12.1 Å². The number of hydrogen-bond donors (Lipinski definition) is 3. The molecule has 0 aliphatic carbocycles. The summed E-state index contributed by atoms with van der Waals surface area (Å²) in [5.74, 6) is -0.335. The van der Waals surface area contributed by atoms with E-state index in [4.69, 9.17) is 5.11 Å². The van der Waals surface area contributed by atoms with Crippen molar-refractivity contribution >= 4 is 11.4 Å². The summed E-state index contributed by atoms with van der Waals surface area (Å²) in [7, 11) is 0. The topological polar surface area (TPSA) is 110 Å². The van der Waals surface area contributed by atoms with Crippen molar-refractivity contribution in [1.29, 1.82) is 0 Å². The standard InChI is InChI=1S/C22H29N3O5/c1-16(22(28)18-4-2-17(15-26)3-5-18)21(27)14-23-10-12-24(13-11-23)19-6-8-20(9-7-19)25(29)30/h2-9,16,21-22,26-28H,10-15H2,1H3/t16-,21+,22+/m1/s1. The van der Waals surface area contributed by atoms with Gasteiger partial charge >= 0.3 is 0 Å². The van der Waals surface area contributed by atoms with Crippen LogP contribution in [-0.4, -0.2) is 64.0 Å². The lowest BCUT2D eigenvalue weighted by Crippen LogP contribution is -2.49. The molecule has 3 rings (SSSR count). The lowest BCUT2D eigenvalue weighted by molar-refractivity contribution is -0.384. The third kappa shape index (κ3) is 5.34. The molecule has 0 bridgehead atoms. The number of piperazine rings is 1. The number of rotatable bonds is 8. The Morgan fingerprint density at radius 3 is 2.13 bits per heavy atom. The maximum Gasteiger partial charge on any atom is 0.269 e. The molecular formula is C22H29N3O5. The van der Waals surface area contributed by atoms with Gasteiger partial charge in [0, 0.05) is 56.5 Å². The van der Waals surface area contributed by atoms with Crippen LogP contribution in [0.15, 0.2) is 48.5 Å². The molecule has 0 spiro atoms. The van der Waals surface area contributed by atoms with Gasteiger partial charge in [0.15, 0.2) is 0 Å². The van der Waals surface area contributed by atoms with Crippen molar-refractivity contribution < 1.29 is 20.2 Å². The summed E-state index contributed by atoms with van der Waals surface area (Å²) in [5, 5.41) is 41.2. The Morgan fingerprint density at radius 2 is 1.60 bits per heavy atom. The lowest BCUT2D eigenvalue weighted by atomic mass is 9.91. The molecular weight excluding hydrogens is 386 g/mol. The summed E-state index contributed by atoms with van der Waals surface area (Å²) in [6, 6.07) is 13.7. The monoisotopic (exact) mass is 415 g/mol. The molecule has 3 atom stereocenters. The molecule has 2 aromatic carbocycles. The molecule has 8 heteroatoms. The fraction of sp³-hybridized carbons (Fsp3) is 0.455. The summed E-state index contributed by atoms with van der Waals surface area (Å²) in [4.78, 5) is 14.7. The summed E-state index contributed by atoms with van der Waals surface area (Å²) in [6.45, 7) is 5.34. The summed E-state index contributed by atoms with van der Waals surface area (Å²) >= 11 is 0. The number of nitrogens with zero attached hydrogens (tertiary/aromatic N) is 3. The predicted octanol–water partition coefficient (Wildman–Crippen LogP) is 1.94. The summed E-state index contributed by atoms with van der Waals surface area (Å²) < 4.78 is 0. The molecule has 30 heavy (non-hydrogen) atoms. The highest BCUT2D eigenvalue weighted by Gasteiger charge is 2.27. The SMILES string of the molecule is C[C@@H]([C@H](O)c1ccc(CO)cc1)[C@@H](O)CN1CCN(c2ccc([N+](=O)[O-])cc2)CC1. The first kappa shape index (κ1) is 22.2. The third-order valence-electron chi connectivity index (χ3n) is 5.85. The molecule has 0 aromatic heterocycles. The van der Waals surface area contributed by atoms with Crippen LogP contribution < -0.4 is 4.90 Å². The highest BCUT2D eigenvalue weighted by molar-refractivity contribution is 5.51. The van der Waals surface area contributed by atoms with Crippen molar-refractivity contribution in [3.63, 3.8) is 0 Å². The van der Waals surface area contributed by atoms with Crippen LogP contribution in [0.3, 0.4) is 0 Å². The van der Waals surface area contributed by atoms with Crippen molar-refractivity contribution in [1.82, 2.24) is 4.90 Å². The van der Waals surface area contributed by atoms with Gasteiger partial charge in [-0.3, -0.25) is 15.0 Å². The number of benzene rings is 2. The number of anilines is 1. The number of β-amino-alcohol motifs (C(OH)–C–C–N with tert-alkyl or cyclic N) is 1. The zero-order valence-electron chi connectivity index (χ0n) is 17.1. The van der Waals surface area contributed by atoms with Gasteiger partial charge in [0.25, 0.3) is 5.69 Å². The van der Waals surface area contributed by atoms with E-state index in [0.717, 1.165) is 43.0 Å². The van der Waals surface area contributed by atoms with Crippen molar-refractivity contribution in [3.05, 3.63) is 69.8 Å². The van der Waals surface area contributed by atoms with E-state index in [2.05, 4.69) is 9.80 Å². The summed E-state index contributed by atoms with van der Waals surface area (Å²) in [6.07, 6.45) is -1.46. The number of nitro benzene ring substituents is 1. The quantitative estimate of drug-likeness (QED) is 0.446. The number of hydrogen-bond acceptors (Lipinski definition) is 7. The van der Waals surface area contributed by atoms with Gasteiger partial charge in [-0.05, 0) is 23.3 Å². The Bertz CT molecular complexity index is 820. The average Bonchev–Trinajstić information content (AvgIpc) is 2.78. The number of aliphatic hydroxyl groups is 3. The van der Waals surface area contributed by atoms with E-state index in [1.54, 1.807) is 36.4 Å². The van der Waals surface area contributed by atoms with Crippen molar-refractivity contribution in [2.75, 3.05) is 37.6 Å². The first-order chi connectivity index (χ1) is 14.4. The Balaban J connectivity index is 1.50. The van der Waals surface area contributed by atoms with Crippen LogP contribution in [0.4, 0.5) is 11.4 Å². The van der Waals surface area contributed by atoms with Gasteiger partial charge in [-0.1, -0.05) is 31.2 Å². The normalized spacial score (nSPS) is 18.1. The molecule has 0 unspecified atom stereocenters. The van der Waals surface area contributed by atoms with Gasteiger partial charge in [0.1, 0.15) is 0 Å². The van der Waals surface area contributed by atoms with E-state index in [0.29, 0.717) is 6.54 Å². The molecule has 1 aliphatic heterocycles. The van der Waals surface area contributed by atoms with Crippen LogP contribution in [-0.2, 0) is 6.61 Å². The molecule has 3 N–H and O–H groups in total. The van der Waals surface area contributed by atoms with Crippen molar-refractivity contribution in [3.8, 4) is 0 Å². The molecule has 1 fully saturated rings. The van der Waals surface area contributed by atoms with Crippen LogP contribution in [0.1, 0.15) is 24.2 Å². The molecule has 1 heterocycles. The summed E-state index contributed by atoms with van der Waals surface area (Å²) in [5.41, 5.74) is 2.54. The van der Waals surface area contributed by atoms with E-state index < -0.39 is 17.1 Å². The average molecular weight is 415 g/mol. The molecule has 0 radical (unpaired) electrons. The number of non-ortho nitro benzene ring substituents is 1. The fourth-order valence-corrected chi connectivity index (χ4v) is 3.74. The first-order valence-electron chi connectivity index (χ1n) is 10.2. The molecule has 8 nitrogen and oxygen atoms in total. The lowest BCUT2D eigenvalue weighted by Gasteiger charge is -2.38. The highest BCUT2D eigenvalue weighted by atomic mass is 16.6. The van der Waals surface area contributed by atoms with Gasteiger partial charge in [-0.2, -0.15) is 0 Å². The largest absolute Gasteiger partial charge is 0.392 e. The third-order valence-corrected chi connectivity index (χ3v) is 5.85. The Kier molecular flexibility index (Phi) is 7.38. The fourth-order valence-electron chi connectivity index (χ4n) is 3.74. The van der Waals surface area contributed by atoms with Gasteiger partial charge in [0.05, 0.1) is 23.7 Å². The zero-order chi connectivity index (χ0) is 21.7. The number of aliphatic hydroxyl groups excluding tert-OH is 3. The minimum atomic E-state index is -0.783. The first-order valence-corrected chi connectivity index (χ1v) is 10.2. The second-order valence-electron chi connectivity index (χ2n) is 7.83. The van der Waals surface area contributed by atoms with E-state index in [-0.39, 0.29) is 18.2 Å². The molecule has 0 amide bonds. The highest BCUT2D eigenvalue weighted by Crippen LogP contribution is 2.26. The van der Waals surface area contributed by atoms with Crippen molar-refractivity contribution in [2.24, 2.45) is 5.92 Å². The van der Waals surface area contributed by atoms with Crippen LogP contribution >= 0.6 is 0 Å². The molecule has 0 saturated carbocycles. The zero-order valence-corrected chi connectivity index (χ0v) is 17.1. The molecule has 1 aliphatic rings. The molecule has 162 valence electrons. The van der Waals surface area contributed by atoms with Gasteiger partial charge in [-0.25, -0.2) is 0 Å². The minimum Gasteiger partial charge on any atom is -0.392 e. The van der Waals surface area contributed by atoms with E-state index in [9.17, 15) is 20.3 Å². The van der Waals surface area contributed by atoms with Crippen LogP contribution in [0.5, 0.6) is 0 Å². The molecule has 1 saturated heterocycles. The van der Waals surface area contributed by atoms with Gasteiger partial charge < -0.3 is 20.2 Å². The van der Waals surface area contributed by atoms with Crippen LogP contribution in [0, 0.1) is 16.0 Å². The second-order valence-corrected chi connectivity index (χ2v) is 7.83. The van der Waals surface area contributed by atoms with Crippen molar-refractivity contribution in [2.45, 2.75) is 25.7 Å². The predicted molar refractivity (Wildman–Crippen MR) is 114 cm³/mol. The van der Waals surface area contributed by atoms with Crippen LogP contribution in [0.2, 0.25) is 0 Å². The second kappa shape index (κ2) is 9.99. The maximum atomic E-state index is 10.8. The maximum absolute atomic E-state index is 10.8. The Hall–Kier alpha value is -2.52. The Morgan fingerprint density at radius 1 is 1.00 bits per heavy atom. The van der Waals surface area contributed by atoms with Gasteiger partial charge in [0.2, 0.25) is 0 Å². The van der Waals surface area contributed by atoms with E-state index >= 15 is 0 Å². The smallest absolute Gasteiger partial charge is 0.269 e. The Labute approximate surface area is 176 Å². The van der Waals surface area contributed by atoms with Gasteiger partial charge in [-0.15, -0.1) is 0 Å². The van der Waals surface area contributed by atoms with E-state index in [1.807, 2.05) is 6.92 Å².